The lowest BCUT2D eigenvalue weighted by molar-refractivity contribution is 0.0697. The average molecular weight is 457 g/mol. The molecule has 0 aliphatic carbocycles. The fraction of sp³-hybridized carbons (Fsp3) is 0. The largest absolute Gasteiger partial charge is 0.508 e. The quantitative estimate of drug-likeness (QED) is 0.281. The van der Waals surface area contributed by atoms with Gasteiger partial charge in [0.25, 0.3) is 0 Å². The molecule has 2 heterocycles. The SMILES string of the molecule is O=C(O)c1csc(-c2ccc(-c3c(C(=O)c4ccccc4)sc4cc(O)ccc34)cc2)c1. The number of hydrogen-bond acceptors (Lipinski definition) is 5. The van der Waals surface area contributed by atoms with Crippen molar-refractivity contribution in [3.63, 3.8) is 0 Å². The van der Waals surface area contributed by atoms with E-state index in [-0.39, 0.29) is 17.1 Å². The molecule has 0 aliphatic rings. The van der Waals surface area contributed by atoms with Crippen LogP contribution in [0.4, 0.5) is 0 Å². The van der Waals surface area contributed by atoms with Crippen molar-refractivity contribution in [3.05, 3.63) is 100 Å². The molecule has 5 aromatic rings. The van der Waals surface area contributed by atoms with E-state index in [9.17, 15) is 14.7 Å². The van der Waals surface area contributed by atoms with Crippen LogP contribution in [0.5, 0.6) is 5.75 Å². The van der Waals surface area contributed by atoms with Gasteiger partial charge in [-0.25, -0.2) is 4.79 Å². The van der Waals surface area contributed by atoms with Gasteiger partial charge in [-0.1, -0.05) is 54.6 Å². The number of aromatic carboxylic acids is 1. The van der Waals surface area contributed by atoms with Crippen LogP contribution in [0.2, 0.25) is 0 Å². The number of aromatic hydroxyl groups is 1. The fourth-order valence-corrected chi connectivity index (χ4v) is 5.76. The van der Waals surface area contributed by atoms with Crippen molar-refractivity contribution in [2.75, 3.05) is 0 Å². The number of phenols is 1. The molecule has 156 valence electrons. The van der Waals surface area contributed by atoms with E-state index in [1.54, 1.807) is 35.7 Å². The number of thiophene rings is 2. The number of phenolic OH excluding ortho intramolecular Hbond substituents is 1. The van der Waals surface area contributed by atoms with Crippen LogP contribution in [0, 0.1) is 0 Å². The van der Waals surface area contributed by atoms with Gasteiger partial charge in [0.05, 0.1) is 10.4 Å². The van der Waals surface area contributed by atoms with Gasteiger partial charge in [0.1, 0.15) is 5.75 Å². The number of carbonyl (C=O) groups excluding carboxylic acids is 1. The first kappa shape index (κ1) is 20.2. The van der Waals surface area contributed by atoms with Crippen molar-refractivity contribution in [2.45, 2.75) is 0 Å². The van der Waals surface area contributed by atoms with Crippen LogP contribution in [-0.4, -0.2) is 22.0 Å². The van der Waals surface area contributed by atoms with Gasteiger partial charge in [-0.2, -0.15) is 0 Å². The van der Waals surface area contributed by atoms with E-state index in [1.165, 1.54) is 22.7 Å². The Morgan fingerprint density at radius 3 is 2.19 bits per heavy atom. The monoisotopic (exact) mass is 456 g/mol. The molecule has 0 saturated carbocycles. The van der Waals surface area contributed by atoms with E-state index in [1.807, 2.05) is 48.5 Å². The molecule has 0 unspecified atom stereocenters. The van der Waals surface area contributed by atoms with Crippen LogP contribution in [-0.2, 0) is 0 Å². The summed E-state index contributed by atoms with van der Waals surface area (Å²) in [5.41, 5.74) is 3.52. The number of carboxylic acids is 1. The van der Waals surface area contributed by atoms with Crippen molar-refractivity contribution in [2.24, 2.45) is 0 Å². The highest BCUT2D eigenvalue weighted by atomic mass is 32.1. The zero-order valence-corrected chi connectivity index (χ0v) is 18.2. The Hall–Kier alpha value is -3.74. The van der Waals surface area contributed by atoms with E-state index in [0.29, 0.717) is 10.4 Å². The van der Waals surface area contributed by atoms with Crippen molar-refractivity contribution >= 4 is 44.5 Å². The number of rotatable bonds is 5. The highest BCUT2D eigenvalue weighted by Crippen LogP contribution is 2.42. The molecular formula is C26H16O4S2. The number of hydrogen-bond donors (Lipinski definition) is 2. The third kappa shape index (κ3) is 3.60. The van der Waals surface area contributed by atoms with Crippen molar-refractivity contribution in [1.82, 2.24) is 0 Å². The van der Waals surface area contributed by atoms with Crippen LogP contribution < -0.4 is 0 Å². The molecule has 0 radical (unpaired) electrons. The summed E-state index contributed by atoms with van der Waals surface area (Å²) in [6.07, 6.45) is 0. The van der Waals surface area contributed by atoms with Gasteiger partial charge in [0, 0.05) is 31.5 Å². The first-order chi connectivity index (χ1) is 15.5. The third-order valence-electron chi connectivity index (χ3n) is 5.22. The molecule has 0 bridgehead atoms. The van der Waals surface area contributed by atoms with E-state index >= 15 is 0 Å². The maximum Gasteiger partial charge on any atom is 0.336 e. The van der Waals surface area contributed by atoms with Crippen LogP contribution in [0.15, 0.2) is 84.2 Å². The second-order valence-corrected chi connectivity index (χ2v) is 9.23. The van der Waals surface area contributed by atoms with E-state index < -0.39 is 5.97 Å². The Morgan fingerprint density at radius 1 is 0.781 bits per heavy atom. The lowest BCUT2D eigenvalue weighted by Gasteiger charge is -2.07. The Kier molecular flexibility index (Phi) is 5.09. The number of carboxylic acid groups (broad SMARTS) is 1. The molecule has 6 heteroatoms. The molecule has 5 rings (SSSR count). The molecule has 0 spiro atoms. The smallest absolute Gasteiger partial charge is 0.336 e. The normalized spacial score (nSPS) is 11.0. The van der Waals surface area contributed by atoms with Gasteiger partial charge in [-0.15, -0.1) is 22.7 Å². The highest BCUT2D eigenvalue weighted by molar-refractivity contribution is 7.21. The minimum atomic E-state index is -0.943. The summed E-state index contributed by atoms with van der Waals surface area (Å²) < 4.78 is 0.840. The maximum absolute atomic E-state index is 13.3. The molecule has 2 N–H and O–H groups in total. The minimum Gasteiger partial charge on any atom is -0.508 e. The fourth-order valence-electron chi connectivity index (χ4n) is 3.65. The Balaban J connectivity index is 1.62. The molecule has 0 aliphatic heterocycles. The number of carbonyl (C=O) groups is 2. The molecule has 0 atom stereocenters. The first-order valence-corrected chi connectivity index (χ1v) is 11.5. The van der Waals surface area contributed by atoms with Crippen molar-refractivity contribution < 1.29 is 19.8 Å². The van der Waals surface area contributed by atoms with E-state index in [2.05, 4.69) is 0 Å². The molecule has 2 aromatic heterocycles. The second kappa shape index (κ2) is 8.07. The van der Waals surface area contributed by atoms with E-state index in [4.69, 9.17) is 5.11 Å². The Morgan fingerprint density at radius 2 is 1.50 bits per heavy atom. The van der Waals surface area contributed by atoms with Gasteiger partial charge in [0.2, 0.25) is 5.78 Å². The Bertz CT molecular complexity index is 1460. The topological polar surface area (TPSA) is 74.6 Å². The maximum atomic E-state index is 13.3. The summed E-state index contributed by atoms with van der Waals surface area (Å²) in [5.74, 6) is -0.845. The summed E-state index contributed by atoms with van der Waals surface area (Å²) in [5, 5.41) is 21.6. The zero-order valence-electron chi connectivity index (χ0n) is 16.6. The van der Waals surface area contributed by atoms with Gasteiger partial charge in [-0.3, -0.25) is 4.79 Å². The summed E-state index contributed by atoms with van der Waals surface area (Å²) >= 11 is 2.75. The molecule has 3 aromatic carbocycles. The molecule has 0 amide bonds. The van der Waals surface area contributed by atoms with Gasteiger partial charge in [-0.05, 0) is 35.4 Å². The number of benzene rings is 3. The minimum absolute atomic E-state index is 0.0604. The van der Waals surface area contributed by atoms with Gasteiger partial charge < -0.3 is 10.2 Å². The lowest BCUT2D eigenvalue weighted by Crippen LogP contribution is -2.00. The summed E-state index contributed by atoms with van der Waals surface area (Å²) in [6.45, 7) is 0. The summed E-state index contributed by atoms with van der Waals surface area (Å²) in [6, 6.07) is 23.7. The first-order valence-electron chi connectivity index (χ1n) is 9.79. The molecule has 0 fully saturated rings. The highest BCUT2D eigenvalue weighted by Gasteiger charge is 2.21. The van der Waals surface area contributed by atoms with Crippen LogP contribution in [0.1, 0.15) is 25.6 Å². The molecule has 0 saturated heterocycles. The van der Waals surface area contributed by atoms with Crippen molar-refractivity contribution in [3.8, 4) is 27.3 Å². The molecule has 4 nitrogen and oxygen atoms in total. The van der Waals surface area contributed by atoms with Crippen LogP contribution in [0.25, 0.3) is 31.7 Å². The summed E-state index contributed by atoms with van der Waals surface area (Å²) in [7, 11) is 0. The Labute approximate surface area is 191 Å². The zero-order chi connectivity index (χ0) is 22.2. The average Bonchev–Trinajstić information content (AvgIpc) is 3.44. The summed E-state index contributed by atoms with van der Waals surface area (Å²) in [4.78, 5) is 26.0. The predicted molar refractivity (Wildman–Crippen MR) is 129 cm³/mol. The third-order valence-corrected chi connectivity index (χ3v) is 7.35. The molecule has 32 heavy (non-hydrogen) atoms. The molecular weight excluding hydrogens is 440 g/mol. The van der Waals surface area contributed by atoms with E-state index in [0.717, 1.165) is 31.7 Å². The van der Waals surface area contributed by atoms with Gasteiger partial charge in [0.15, 0.2) is 0 Å². The second-order valence-electron chi connectivity index (χ2n) is 7.26. The standard InChI is InChI=1S/C26H16O4S2/c27-19-10-11-20-22(13-19)32-25(24(28)17-4-2-1-3-5-17)23(20)16-8-6-15(7-9-16)21-12-18(14-31-21)26(29)30/h1-14,27H,(H,29,30). The number of ketones is 1. The van der Waals surface area contributed by atoms with Crippen LogP contribution >= 0.6 is 22.7 Å². The number of fused-ring (bicyclic) bond motifs is 1. The van der Waals surface area contributed by atoms with Gasteiger partial charge >= 0.3 is 5.97 Å². The predicted octanol–water partition coefficient (Wildman–Crippen LogP) is 6.93. The van der Waals surface area contributed by atoms with Crippen molar-refractivity contribution in [1.29, 1.82) is 0 Å². The van der Waals surface area contributed by atoms with Crippen LogP contribution in [0.3, 0.4) is 0 Å². The lowest BCUT2D eigenvalue weighted by atomic mass is 9.97.